The summed E-state index contributed by atoms with van der Waals surface area (Å²) in [6.45, 7) is 3.98. The smallest absolute Gasteiger partial charge is 0.255 e. The van der Waals surface area contributed by atoms with Crippen LogP contribution in [-0.4, -0.2) is 33.6 Å². The highest BCUT2D eigenvalue weighted by molar-refractivity contribution is 6.08. The van der Waals surface area contributed by atoms with E-state index in [4.69, 9.17) is 0 Å². The molecule has 0 bridgehead atoms. The topological polar surface area (TPSA) is 100 Å². The molecule has 0 aliphatic carbocycles. The summed E-state index contributed by atoms with van der Waals surface area (Å²) in [6.07, 6.45) is 1.21. The van der Waals surface area contributed by atoms with E-state index in [9.17, 15) is 19.5 Å². The number of rotatable bonds is 5. The van der Waals surface area contributed by atoms with Crippen LogP contribution in [0.1, 0.15) is 20.3 Å². The lowest BCUT2D eigenvalue weighted by Crippen LogP contribution is -2.36. The van der Waals surface area contributed by atoms with Crippen LogP contribution < -0.4 is 16.2 Å². The van der Waals surface area contributed by atoms with E-state index in [0.29, 0.717) is 23.7 Å². The Labute approximate surface area is 157 Å². The molecule has 1 fully saturated rings. The third-order valence-electron chi connectivity index (χ3n) is 4.61. The number of pyridine rings is 1. The SMILES string of the molecule is CC(C)CC1NC(=O)C(C(=O)Nc2ccc(-n3ccccc3=O)cc2)C1O. The van der Waals surface area contributed by atoms with Gasteiger partial charge in [0.1, 0.15) is 5.92 Å². The van der Waals surface area contributed by atoms with Crippen molar-refractivity contribution in [3.05, 3.63) is 59.0 Å². The summed E-state index contributed by atoms with van der Waals surface area (Å²) in [6, 6.07) is 11.2. The fraction of sp³-hybridized carbons (Fsp3) is 0.350. The molecule has 1 aromatic heterocycles. The first-order valence-corrected chi connectivity index (χ1v) is 8.94. The minimum atomic E-state index is -1.13. The summed E-state index contributed by atoms with van der Waals surface area (Å²) in [5, 5.41) is 15.7. The molecule has 142 valence electrons. The van der Waals surface area contributed by atoms with Gasteiger partial charge in [-0.1, -0.05) is 19.9 Å². The molecule has 1 aromatic carbocycles. The Balaban J connectivity index is 1.70. The van der Waals surface area contributed by atoms with E-state index in [1.54, 1.807) is 42.6 Å². The van der Waals surface area contributed by atoms with Gasteiger partial charge in [0.25, 0.3) is 5.56 Å². The summed E-state index contributed by atoms with van der Waals surface area (Å²) in [7, 11) is 0. The zero-order valence-electron chi connectivity index (χ0n) is 15.3. The van der Waals surface area contributed by atoms with Crippen molar-refractivity contribution in [2.24, 2.45) is 11.8 Å². The molecule has 3 N–H and O–H groups in total. The number of benzene rings is 1. The number of aliphatic hydroxyl groups is 1. The standard InChI is InChI=1S/C20H23N3O4/c1-12(2)11-15-18(25)17(20(27)22-15)19(26)21-13-6-8-14(9-7-13)23-10-4-3-5-16(23)24/h3-10,12,15,17-18,25H,11H2,1-2H3,(H,21,26)(H,22,27). The van der Waals surface area contributed by atoms with E-state index in [1.165, 1.54) is 10.6 Å². The van der Waals surface area contributed by atoms with E-state index in [0.717, 1.165) is 0 Å². The highest BCUT2D eigenvalue weighted by atomic mass is 16.3. The third-order valence-corrected chi connectivity index (χ3v) is 4.61. The molecule has 1 aliphatic heterocycles. The van der Waals surface area contributed by atoms with Crippen molar-refractivity contribution in [1.29, 1.82) is 0 Å². The number of nitrogens with zero attached hydrogens (tertiary/aromatic N) is 1. The first-order valence-electron chi connectivity index (χ1n) is 8.94. The maximum atomic E-state index is 12.5. The van der Waals surface area contributed by atoms with Crippen molar-refractivity contribution in [3.63, 3.8) is 0 Å². The van der Waals surface area contributed by atoms with Gasteiger partial charge in [-0.05, 0) is 42.7 Å². The molecule has 3 atom stereocenters. The molecule has 3 unspecified atom stereocenters. The second-order valence-corrected chi connectivity index (χ2v) is 7.16. The lowest BCUT2D eigenvalue weighted by molar-refractivity contribution is -0.132. The third kappa shape index (κ3) is 4.09. The average molecular weight is 369 g/mol. The number of carbonyl (C=O) groups excluding carboxylic acids is 2. The maximum absolute atomic E-state index is 12.5. The number of aliphatic hydroxyl groups excluding tert-OH is 1. The molecule has 7 heteroatoms. The summed E-state index contributed by atoms with van der Waals surface area (Å²) in [5.74, 6) is -1.85. The predicted molar refractivity (Wildman–Crippen MR) is 102 cm³/mol. The van der Waals surface area contributed by atoms with Crippen molar-refractivity contribution in [1.82, 2.24) is 9.88 Å². The Morgan fingerprint density at radius 3 is 2.52 bits per heavy atom. The molecule has 7 nitrogen and oxygen atoms in total. The van der Waals surface area contributed by atoms with E-state index in [2.05, 4.69) is 10.6 Å². The van der Waals surface area contributed by atoms with Gasteiger partial charge in [0.05, 0.1) is 12.1 Å². The predicted octanol–water partition coefficient (Wildman–Crippen LogP) is 1.30. The molecule has 1 saturated heterocycles. The highest BCUT2D eigenvalue weighted by Crippen LogP contribution is 2.23. The monoisotopic (exact) mass is 369 g/mol. The summed E-state index contributed by atoms with van der Waals surface area (Å²) >= 11 is 0. The maximum Gasteiger partial charge on any atom is 0.255 e. The van der Waals surface area contributed by atoms with Gasteiger partial charge in [-0.2, -0.15) is 0 Å². The molecule has 3 rings (SSSR count). The Hall–Kier alpha value is -2.93. The number of amides is 2. The van der Waals surface area contributed by atoms with Gasteiger partial charge >= 0.3 is 0 Å². The second kappa shape index (κ2) is 7.75. The van der Waals surface area contributed by atoms with Crippen LogP contribution in [0.25, 0.3) is 5.69 Å². The lowest BCUT2D eigenvalue weighted by Gasteiger charge is -2.18. The van der Waals surface area contributed by atoms with E-state index in [-0.39, 0.29) is 5.56 Å². The zero-order valence-corrected chi connectivity index (χ0v) is 15.3. The van der Waals surface area contributed by atoms with Gasteiger partial charge in [0, 0.05) is 23.6 Å². The van der Waals surface area contributed by atoms with Crippen LogP contribution in [0.4, 0.5) is 5.69 Å². The minimum Gasteiger partial charge on any atom is -0.390 e. The van der Waals surface area contributed by atoms with Crippen LogP contribution in [0.15, 0.2) is 53.5 Å². The minimum absolute atomic E-state index is 0.156. The van der Waals surface area contributed by atoms with Crippen molar-refractivity contribution < 1.29 is 14.7 Å². The quantitative estimate of drug-likeness (QED) is 0.692. The normalized spacial score (nSPS) is 21.9. The van der Waals surface area contributed by atoms with Crippen molar-refractivity contribution in [3.8, 4) is 5.69 Å². The van der Waals surface area contributed by atoms with Gasteiger partial charge in [-0.3, -0.25) is 19.0 Å². The number of carbonyl (C=O) groups is 2. The van der Waals surface area contributed by atoms with Crippen LogP contribution in [0.5, 0.6) is 0 Å². The van der Waals surface area contributed by atoms with Crippen LogP contribution in [0.3, 0.4) is 0 Å². The summed E-state index contributed by atoms with van der Waals surface area (Å²) in [4.78, 5) is 36.5. The first-order chi connectivity index (χ1) is 12.9. The van der Waals surface area contributed by atoms with Gasteiger partial charge in [-0.15, -0.1) is 0 Å². The Bertz CT molecular complexity index is 889. The Kier molecular flexibility index (Phi) is 5.41. The summed E-state index contributed by atoms with van der Waals surface area (Å²) in [5.41, 5.74) is 0.991. The molecule has 0 radical (unpaired) electrons. The van der Waals surface area contributed by atoms with Gasteiger partial charge in [-0.25, -0.2) is 0 Å². The number of hydrogen-bond donors (Lipinski definition) is 3. The van der Waals surface area contributed by atoms with Crippen LogP contribution >= 0.6 is 0 Å². The molecule has 0 saturated carbocycles. The zero-order chi connectivity index (χ0) is 19.6. The van der Waals surface area contributed by atoms with Crippen LogP contribution in [-0.2, 0) is 9.59 Å². The van der Waals surface area contributed by atoms with Gasteiger partial charge < -0.3 is 15.7 Å². The molecule has 2 aromatic rings. The van der Waals surface area contributed by atoms with Crippen molar-refractivity contribution in [2.75, 3.05) is 5.32 Å². The van der Waals surface area contributed by atoms with Crippen LogP contribution in [0, 0.1) is 11.8 Å². The Morgan fingerprint density at radius 2 is 1.89 bits per heavy atom. The molecular formula is C20H23N3O4. The van der Waals surface area contributed by atoms with Crippen LogP contribution in [0.2, 0.25) is 0 Å². The van der Waals surface area contributed by atoms with Crippen molar-refractivity contribution >= 4 is 17.5 Å². The number of hydrogen-bond acceptors (Lipinski definition) is 4. The first kappa shape index (κ1) is 18.8. The second-order valence-electron chi connectivity index (χ2n) is 7.16. The van der Waals surface area contributed by atoms with Crippen molar-refractivity contribution in [2.45, 2.75) is 32.4 Å². The Morgan fingerprint density at radius 1 is 1.19 bits per heavy atom. The summed E-state index contributed by atoms with van der Waals surface area (Å²) < 4.78 is 1.48. The lowest BCUT2D eigenvalue weighted by atomic mass is 9.94. The van der Waals surface area contributed by atoms with E-state index < -0.39 is 29.9 Å². The largest absolute Gasteiger partial charge is 0.390 e. The molecule has 0 spiro atoms. The number of aromatic nitrogens is 1. The number of anilines is 1. The molecule has 2 amide bonds. The molecule has 1 aliphatic rings. The number of nitrogens with one attached hydrogen (secondary N) is 2. The fourth-order valence-corrected chi connectivity index (χ4v) is 3.29. The average Bonchev–Trinajstić information content (AvgIpc) is 2.89. The van der Waals surface area contributed by atoms with Gasteiger partial charge in [0.2, 0.25) is 11.8 Å². The highest BCUT2D eigenvalue weighted by Gasteiger charge is 2.45. The van der Waals surface area contributed by atoms with E-state index in [1.807, 2.05) is 13.8 Å². The molecule has 27 heavy (non-hydrogen) atoms. The molecule has 2 heterocycles. The van der Waals surface area contributed by atoms with E-state index >= 15 is 0 Å². The van der Waals surface area contributed by atoms with Gasteiger partial charge in [0.15, 0.2) is 0 Å². The molecular weight excluding hydrogens is 346 g/mol. The fourth-order valence-electron chi connectivity index (χ4n) is 3.29.